The average molecular weight is 344 g/mol. The molecule has 1 amide bonds. The SMILES string of the molecule is COc1ccccc1N1CCN(C(=O)Cc2ccsc2)CC1(C)C. The summed E-state index contributed by atoms with van der Waals surface area (Å²) in [5.74, 6) is 1.09. The number of carbonyl (C=O) groups is 1. The number of rotatable bonds is 4. The number of benzene rings is 1. The van der Waals surface area contributed by atoms with Gasteiger partial charge in [0, 0.05) is 19.6 Å². The minimum Gasteiger partial charge on any atom is -0.495 e. The van der Waals surface area contributed by atoms with Gasteiger partial charge in [-0.15, -0.1) is 0 Å². The first-order valence-electron chi connectivity index (χ1n) is 8.21. The lowest BCUT2D eigenvalue weighted by Crippen LogP contribution is -2.61. The van der Waals surface area contributed by atoms with Crippen LogP contribution in [0.2, 0.25) is 0 Å². The zero-order valence-corrected chi connectivity index (χ0v) is 15.3. The van der Waals surface area contributed by atoms with Gasteiger partial charge in [0.05, 0.1) is 24.8 Å². The van der Waals surface area contributed by atoms with Crippen LogP contribution < -0.4 is 9.64 Å². The third-order valence-corrected chi connectivity index (χ3v) is 5.30. The predicted octanol–water partition coefficient (Wildman–Crippen LogP) is 3.43. The molecule has 1 fully saturated rings. The van der Waals surface area contributed by atoms with E-state index in [1.807, 2.05) is 39.9 Å². The molecule has 0 saturated carbocycles. The molecule has 0 unspecified atom stereocenters. The highest BCUT2D eigenvalue weighted by Crippen LogP contribution is 2.34. The summed E-state index contributed by atoms with van der Waals surface area (Å²) in [7, 11) is 1.70. The van der Waals surface area contributed by atoms with Gasteiger partial charge < -0.3 is 14.5 Å². The van der Waals surface area contributed by atoms with Crippen molar-refractivity contribution in [2.45, 2.75) is 25.8 Å². The van der Waals surface area contributed by atoms with Crippen LogP contribution in [0.3, 0.4) is 0 Å². The van der Waals surface area contributed by atoms with Crippen LogP contribution in [0, 0.1) is 0 Å². The number of piperazine rings is 1. The Labute approximate surface area is 147 Å². The number of anilines is 1. The highest BCUT2D eigenvalue weighted by atomic mass is 32.1. The molecule has 1 aliphatic rings. The van der Waals surface area contributed by atoms with Crippen LogP contribution >= 0.6 is 11.3 Å². The Hall–Kier alpha value is -2.01. The lowest BCUT2D eigenvalue weighted by Gasteiger charge is -2.48. The van der Waals surface area contributed by atoms with Crippen molar-refractivity contribution >= 4 is 22.9 Å². The van der Waals surface area contributed by atoms with E-state index in [0.717, 1.165) is 30.1 Å². The molecule has 4 nitrogen and oxygen atoms in total. The lowest BCUT2D eigenvalue weighted by molar-refractivity contribution is -0.131. The van der Waals surface area contributed by atoms with Gasteiger partial charge in [-0.05, 0) is 48.4 Å². The van der Waals surface area contributed by atoms with Crippen LogP contribution in [-0.2, 0) is 11.2 Å². The van der Waals surface area contributed by atoms with Gasteiger partial charge in [0.2, 0.25) is 5.91 Å². The maximum absolute atomic E-state index is 12.6. The first-order valence-corrected chi connectivity index (χ1v) is 9.15. The fourth-order valence-electron chi connectivity index (χ4n) is 3.35. The van der Waals surface area contributed by atoms with Crippen molar-refractivity contribution in [1.29, 1.82) is 0 Å². The summed E-state index contributed by atoms with van der Waals surface area (Å²) in [4.78, 5) is 16.9. The van der Waals surface area contributed by atoms with Crippen LogP contribution in [0.5, 0.6) is 5.75 Å². The molecule has 0 bridgehead atoms. The first-order chi connectivity index (χ1) is 11.5. The molecule has 5 heteroatoms. The topological polar surface area (TPSA) is 32.8 Å². The second-order valence-corrected chi connectivity index (χ2v) is 7.54. The Kier molecular flexibility index (Phi) is 4.81. The zero-order chi connectivity index (χ0) is 17.2. The number of carbonyl (C=O) groups excluding carboxylic acids is 1. The fraction of sp³-hybridized carbons (Fsp3) is 0.421. The van der Waals surface area contributed by atoms with Crippen LogP contribution in [0.4, 0.5) is 5.69 Å². The van der Waals surface area contributed by atoms with Crippen LogP contribution in [-0.4, -0.2) is 43.1 Å². The standard InChI is InChI=1S/C19H24N2O2S/c1-19(2)14-20(18(22)12-15-8-11-24-13-15)9-10-21(19)16-6-4-5-7-17(16)23-3/h4-8,11,13H,9-10,12,14H2,1-3H3. The molecule has 128 valence electrons. The van der Waals surface area contributed by atoms with Gasteiger partial charge in [-0.25, -0.2) is 0 Å². The van der Waals surface area contributed by atoms with Crippen molar-refractivity contribution in [3.63, 3.8) is 0 Å². The van der Waals surface area contributed by atoms with Crippen LogP contribution in [0.1, 0.15) is 19.4 Å². The van der Waals surface area contributed by atoms with Crippen molar-refractivity contribution in [3.05, 3.63) is 46.7 Å². The van der Waals surface area contributed by atoms with E-state index < -0.39 is 0 Å². The molecule has 0 spiro atoms. The second-order valence-electron chi connectivity index (χ2n) is 6.76. The van der Waals surface area contributed by atoms with E-state index in [-0.39, 0.29) is 11.4 Å². The van der Waals surface area contributed by atoms with E-state index >= 15 is 0 Å². The Morgan fingerprint density at radius 2 is 2.04 bits per heavy atom. The first kappa shape index (κ1) is 16.8. The Bertz CT molecular complexity index is 697. The minimum absolute atomic E-state index is 0.142. The normalized spacial score (nSPS) is 17.0. The number of para-hydroxylation sites is 2. The van der Waals surface area contributed by atoms with Gasteiger partial charge in [0.15, 0.2) is 0 Å². The molecule has 1 aromatic carbocycles. The average Bonchev–Trinajstić information content (AvgIpc) is 3.07. The van der Waals surface area contributed by atoms with Crippen molar-refractivity contribution in [1.82, 2.24) is 4.90 Å². The van der Waals surface area contributed by atoms with Gasteiger partial charge in [-0.1, -0.05) is 12.1 Å². The highest BCUT2D eigenvalue weighted by Gasteiger charge is 2.36. The summed E-state index contributed by atoms with van der Waals surface area (Å²) < 4.78 is 5.52. The van der Waals surface area contributed by atoms with Gasteiger partial charge in [0.1, 0.15) is 5.75 Å². The number of methoxy groups -OCH3 is 1. The van der Waals surface area contributed by atoms with Crippen molar-refractivity contribution in [2.75, 3.05) is 31.6 Å². The number of ether oxygens (including phenoxy) is 1. The molecule has 0 radical (unpaired) electrons. The zero-order valence-electron chi connectivity index (χ0n) is 14.5. The van der Waals surface area contributed by atoms with Crippen LogP contribution in [0.25, 0.3) is 0 Å². The fourth-order valence-corrected chi connectivity index (χ4v) is 4.02. The Morgan fingerprint density at radius 1 is 1.25 bits per heavy atom. The second kappa shape index (κ2) is 6.85. The lowest BCUT2D eigenvalue weighted by atomic mass is 9.97. The molecule has 1 aromatic heterocycles. The number of nitrogens with zero attached hydrogens (tertiary/aromatic N) is 2. The number of amides is 1. The molecule has 0 aliphatic carbocycles. The van der Waals surface area contributed by atoms with E-state index in [2.05, 4.69) is 24.8 Å². The molecule has 2 heterocycles. The van der Waals surface area contributed by atoms with Crippen molar-refractivity contribution in [3.8, 4) is 5.75 Å². The highest BCUT2D eigenvalue weighted by molar-refractivity contribution is 7.08. The summed E-state index contributed by atoms with van der Waals surface area (Å²) in [6.45, 7) is 6.63. The Morgan fingerprint density at radius 3 is 2.71 bits per heavy atom. The van der Waals surface area contributed by atoms with Gasteiger partial charge >= 0.3 is 0 Å². The van der Waals surface area contributed by atoms with E-state index in [4.69, 9.17) is 4.74 Å². The summed E-state index contributed by atoms with van der Waals surface area (Å²) in [5.41, 5.74) is 2.06. The van der Waals surface area contributed by atoms with E-state index in [9.17, 15) is 4.79 Å². The summed E-state index contributed by atoms with van der Waals surface area (Å²) in [6, 6.07) is 10.1. The molecule has 0 atom stereocenters. The predicted molar refractivity (Wildman–Crippen MR) is 99.0 cm³/mol. The minimum atomic E-state index is -0.142. The van der Waals surface area contributed by atoms with Crippen LogP contribution in [0.15, 0.2) is 41.1 Å². The number of thiophene rings is 1. The maximum atomic E-state index is 12.6. The van der Waals surface area contributed by atoms with E-state index in [1.54, 1.807) is 18.4 Å². The number of hydrogen-bond acceptors (Lipinski definition) is 4. The molecular formula is C19H24N2O2S. The summed E-state index contributed by atoms with van der Waals surface area (Å²) in [6.07, 6.45) is 0.494. The molecule has 3 rings (SSSR count). The van der Waals surface area contributed by atoms with Crippen molar-refractivity contribution < 1.29 is 9.53 Å². The quantitative estimate of drug-likeness (QED) is 0.852. The van der Waals surface area contributed by atoms with E-state index in [1.165, 1.54) is 0 Å². The van der Waals surface area contributed by atoms with Gasteiger partial charge in [-0.2, -0.15) is 11.3 Å². The molecule has 24 heavy (non-hydrogen) atoms. The Balaban J connectivity index is 1.74. The molecular weight excluding hydrogens is 320 g/mol. The molecule has 1 saturated heterocycles. The molecule has 0 N–H and O–H groups in total. The summed E-state index contributed by atoms with van der Waals surface area (Å²) in [5, 5.41) is 4.07. The maximum Gasteiger partial charge on any atom is 0.227 e. The largest absolute Gasteiger partial charge is 0.495 e. The molecule has 2 aromatic rings. The third-order valence-electron chi connectivity index (χ3n) is 4.57. The smallest absolute Gasteiger partial charge is 0.227 e. The summed E-state index contributed by atoms with van der Waals surface area (Å²) >= 11 is 1.64. The molecule has 1 aliphatic heterocycles. The van der Waals surface area contributed by atoms with Gasteiger partial charge in [-0.3, -0.25) is 4.79 Å². The van der Waals surface area contributed by atoms with Crippen molar-refractivity contribution in [2.24, 2.45) is 0 Å². The monoisotopic (exact) mass is 344 g/mol. The third kappa shape index (κ3) is 3.41. The number of hydrogen-bond donors (Lipinski definition) is 0. The van der Waals surface area contributed by atoms with E-state index in [0.29, 0.717) is 13.0 Å². The van der Waals surface area contributed by atoms with Gasteiger partial charge in [0.25, 0.3) is 0 Å².